The molecule has 4 aromatic carbocycles. The van der Waals surface area contributed by atoms with Gasteiger partial charge in [0, 0.05) is 59.7 Å². The van der Waals surface area contributed by atoms with E-state index in [9.17, 15) is 20.2 Å². The zero-order valence-corrected chi connectivity index (χ0v) is 26.5. The minimum absolute atomic E-state index is 0.0684. The lowest BCUT2D eigenvalue weighted by Gasteiger charge is -2.36. The number of ether oxygens (including phenoxy) is 4. The highest BCUT2D eigenvalue weighted by atomic mass is 16.6. The third-order valence-corrected chi connectivity index (χ3v) is 9.82. The number of nitro benzene ring substituents is 2. The molecule has 2 saturated heterocycles. The Morgan fingerprint density at radius 2 is 1.04 bits per heavy atom. The number of methoxy groups -OCH3 is 2. The van der Waals surface area contributed by atoms with Gasteiger partial charge in [0.2, 0.25) is 0 Å². The number of hydrogen-bond acceptors (Lipinski definition) is 10. The van der Waals surface area contributed by atoms with Crippen LogP contribution in [0, 0.1) is 32.1 Å². The zero-order valence-electron chi connectivity index (χ0n) is 26.5. The van der Waals surface area contributed by atoms with Gasteiger partial charge in [0.25, 0.3) is 11.4 Å². The molecule has 2 N–H and O–H groups in total. The summed E-state index contributed by atoms with van der Waals surface area (Å²) in [4.78, 5) is 22.2. The van der Waals surface area contributed by atoms with E-state index in [1.165, 1.54) is 0 Å². The van der Waals surface area contributed by atoms with Gasteiger partial charge >= 0.3 is 0 Å². The van der Waals surface area contributed by atoms with Crippen LogP contribution in [0.15, 0.2) is 84.9 Å². The lowest BCUT2D eigenvalue weighted by Crippen LogP contribution is -2.29. The van der Waals surface area contributed by atoms with E-state index in [1.807, 2.05) is 60.7 Å². The molecule has 0 amide bonds. The molecule has 0 unspecified atom stereocenters. The van der Waals surface area contributed by atoms with Crippen LogP contribution < -0.4 is 20.1 Å². The Kier molecular flexibility index (Phi) is 8.59. The first-order chi connectivity index (χ1) is 23.4. The molecular weight excluding hydrogens is 616 g/mol. The predicted octanol–water partition coefficient (Wildman–Crippen LogP) is 7.70. The van der Waals surface area contributed by atoms with E-state index in [2.05, 4.69) is 10.6 Å². The van der Waals surface area contributed by atoms with Crippen molar-refractivity contribution in [2.24, 2.45) is 11.8 Å². The third-order valence-electron chi connectivity index (χ3n) is 9.82. The van der Waals surface area contributed by atoms with Crippen molar-refractivity contribution in [3.8, 4) is 11.5 Å². The summed E-state index contributed by atoms with van der Waals surface area (Å²) >= 11 is 0. The standard InChI is InChI=1S/2C18H18N2O4/c2*1-23-11-6-7-15-14(10-11)18-13(8-9-24-18)17(19-15)12-4-2-3-5-16(12)20(21)22/h2*2-7,10,13,17-19H,8-9H2,1H3/t2*13-,17+,18-/m00/s1. The second-order valence-electron chi connectivity index (χ2n) is 12.3. The van der Waals surface area contributed by atoms with Crippen molar-refractivity contribution in [1.82, 2.24) is 0 Å². The lowest BCUT2D eigenvalue weighted by molar-refractivity contribution is -0.385. The average Bonchev–Trinajstić information content (AvgIpc) is 3.82. The van der Waals surface area contributed by atoms with Crippen molar-refractivity contribution in [3.05, 3.63) is 127 Å². The average molecular weight is 653 g/mol. The van der Waals surface area contributed by atoms with E-state index in [0.29, 0.717) is 24.3 Å². The normalized spacial score (nSPS) is 24.6. The smallest absolute Gasteiger partial charge is 0.274 e. The number of nitro groups is 2. The number of nitrogens with zero attached hydrogens (tertiary/aromatic N) is 2. The Hall–Kier alpha value is -5.20. The van der Waals surface area contributed by atoms with Gasteiger partial charge in [-0.3, -0.25) is 20.2 Å². The van der Waals surface area contributed by atoms with Crippen molar-refractivity contribution in [3.63, 3.8) is 0 Å². The van der Waals surface area contributed by atoms with E-state index in [-0.39, 0.29) is 57.3 Å². The van der Waals surface area contributed by atoms with Crippen molar-refractivity contribution in [1.29, 1.82) is 0 Å². The maximum atomic E-state index is 11.4. The number of fused-ring (bicyclic) bond motifs is 6. The molecule has 0 saturated carbocycles. The SMILES string of the molecule is COc1ccc2c(c1)[C@H]1OCC[C@H]1[C@@H](c1ccccc1[N+](=O)[O-])N2.COc1ccc2c(c1)[C@H]1OCC[C@H]1[C@@H](c1ccccc1[N+](=O)[O-])N2. The topological polar surface area (TPSA) is 147 Å². The summed E-state index contributed by atoms with van der Waals surface area (Å²) in [6, 6.07) is 25.3. The monoisotopic (exact) mass is 652 g/mol. The Bertz CT molecular complexity index is 1720. The van der Waals surface area contributed by atoms with Crippen molar-refractivity contribution < 1.29 is 28.8 Å². The Labute approximate surface area is 277 Å². The summed E-state index contributed by atoms with van der Waals surface area (Å²) in [5, 5.41) is 29.8. The largest absolute Gasteiger partial charge is 0.497 e. The van der Waals surface area contributed by atoms with E-state index in [4.69, 9.17) is 18.9 Å². The molecule has 12 nitrogen and oxygen atoms in total. The molecule has 248 valence electrons. The van der Waals surface area contributed by atoms with Gasteiger partial charge in [0.1, 0.15) is 11.5 Å². The fourth-order valence-electron chi connectivity index (χ4n) is 7.60. The van der Waals surface area contributed by atoms with Crippen molar-refractivity contribution in [2.75, 3.05) is 38.1 Å². The molecule has 0 aromatic heterocycles. The second kappa shape index (κ2) is 13.1. The highest BCUT2D eigenvalue weighted by Gasteiger charge is 2.44. The fraction of sp³-hybridized carbons (Fsp3) is 0.333. The van der Waals surface area contributed by atoms with Crippen molar-refractivity contribution in [2.45, 2.75) is 37.1 Å². The van der Waals surface area contributed by atoms with Gasteiger partial charge in [0.15, 0.2) is 0 Å². The van der Waals surface area contributed by atoms with Gasteiger partial charge in [-0.1, -0.05) is 36.4 Å². The van der Waals surface area contributed by atoms with Crippen LogP contribution in [0.5, 0.6) is 11.5 Å². The van der Waals surface area contributed by atoms with Gasteiger partial charge in [-0.15, -0.1) is 0 Å². The molecule has 0 spiro atoms. The van der Waals surface area contributed by atoms with Crippen LogP contribution in [0.25, 0.3) is 0 Å². The number of rotatable bonds is 6. The highest BCUT2D eigenvalue weighted by Crippen LogP contribution is 2.53. The van der Waals surface area contributed by atoms with E-state index < -0.39 is 0 Å². The molecule has 4 aliphatic heterocycles. The van der Waals surface area contributed by atoms with Crippen LogP contribution in [-0.2, 0) is 9.47 Å². The van der Waals surface area contributed by atoms with Crippen LogP contribution in [-0.4, -0.2) is 37.3 Å². The molecule has 48 heavy (non-hydrogen) atoms. The molecule has 0 aliphatic carbocycles. The molecule has 4 aliphatic rings. The fourth-order valence-corrected chi connectivity index (χ4v) is 7.60. The third kappa shape index (κ3) is 5.67. The molecule has 8 rings (SSSR count). The van der Waals surface area contributed by atoms with Gasteiger partial charge in [-0.2, -0.15) is 0 Å². The minimum atomic E-state index is -0.314. The first-order valence-electron chi connectivity index (χ1n) is 16.0. The van der Waals surface area contributed by atoms with Crippen LogP contribution in [0.2, 0.25) is 0 Å². The van der Waals surface area contributed by atoms with Crippen molar-refractivity contribution >= 4 is 22.7 Å². The number of nitrogens with one attached hydrogen (secondary N) is 2. The summed E-state index contributed by atoms with van der Waals surface area (Å²) in [7, 11) is 3.28. The molecule has 6 atom stereocenters. The molecule has 12 heteroatoms. The maximum absolute atomic E-state index is 11.4. The number of anilines is 2. The first-order valence-corrected chi connectivity index (χ1v) is 16.0. The van der Waals surface area contributed by atoms with Crippen LogP contribution in [0.3, 0.4) is 0 Å². The second-order valence-corrected chi connectivity index (χ2v) is 12.3. The van der Waals surface area contributed by atoms with Gasteiger partial charge in [0.05, 0.1) is 59.5 Å². The summed E-state index contributed by atoms with van der Waals surface area (Å²) in [5.41, 5.74) is 5.74. The molecule has 4 aromatic rings. The maximum Gasteiger partial charge on any atom is 0.274 e. The number of benzene rings is 4. The van der Waals surface area contributed by atoms with E-state index >= 15 is 0 Å². The zero-order chi connectivity index (χ0) is 33.4. The first kappa shape index (κ1) is 31.4. The van der Waals surface area contributed by atoms with Gasteiger partial charge < -0.3 is 29.6 Å². The highest BCUT2D eigenvalue weighted by molar-refractivity contribution is 5.62. The minimum Gasteiger partial charge on any atom is -0.497 e. The summed E-state index contributed by atoms with van der Waals surface area (Å²) in [5.74, 6) is 1.89. The van der Waals surface area contributed by atoms with Crippen LogP contribution >= 0.6 is 0 Å². The van der Waals surface area contributed by atoms with Crippen LogP contribution in [0.1, 0.15) is 59.4 Å². The summed E-state index contributed by atoms with van der Waals surface area (Å²) < 4.78 is 22.6. The van der Waals surface area contributed by atoms with Gasteiger partial charge in [-0.25, -0.2) is 0 Å². The molecule has 2 fully saturated rings. The summed E-state index contributed by atoms with van der Waals surface area (Å²) in [6.45, 7) is 1.32. The Morgan fingerprint density at radius 3 is 1.44 bits per heavy atom. The quantitative estimate of drug-likeness (QED) is 0.157. The van der Waals surface area contributed by atoms with Crippen LogP contribution in [0.4, 0.5) is 22.7 Å². The summed E-state index contributed by atoms with van der Waals surface area (Å²) in [6.07, 6.45) is 1.60. The molecular formula is C36H36N4O8. The Balaban J connectivity index is 0.000000152. The number of para-hydroxylation sites is 2. The molecule has 0 radical (unpaired) electrons. The molecule has 4 heterocycles. The van der Waals surface area contributed by atoms with Gasteiger partial charge in [-0.05, 0) is 49.2 Å². The lowest BCUT2D eigenvalue weighted by atomic mass is 9.80. The number of hydrogen-bond donors (Lipinski definition) is 2. The Morgan fingerprint density at radius 1 is 0.625 bits per heavy atom. The predicted molar refractivity (Wildman–Crippen MR) is 179 cm³/mol. The molecule has 0 bridgehead atoms. The van der Waals surface area contributed by atoms with E-state index in [0.717, 1.165) is 46.8 Å². The van der Waals surface area contributed by atoms with E-state index in [1.54, 1.807) is 38.5 Å².